The lowest BCUT2D eigenvalue weighted by atomic mass is 10.1. The first-order valence-corrected chi connectivity index (χ1v) is 7.64. The van der Waals surface area contributed by atoms with E-state index in [2.05, 4.69) is 15.3 Å². The number of hydrogen-bond acceptors (Lipinski definition) is 6. The van der Waals surface area contributed by atoms with Gasteiger partial charge in [-0.05, 0) is 18.2 Å². The molecule has 0 bridgehead atoms. The number of nitrogens with zero attached hydrogens (tertiary/aromatic N) is 3. The number of hydrogen-bond donors (Lipinski definition) is 1. The van der Waals surface area contributed by atoms with E-state index in [-0.39, 0.29) is 11.9 Å². The van der Waals surface area contributed by atoms with Crippen molar-refractivity contribution in [3.8, 4) is 5.75 Å². The van der Waals surface area contributed by atoms with E-state index >= 15 is 0 Å². The van der Waals surface area contributed by atoms with Crippen molar-refractivity contribution in [2.24, 2.45) is 0 Å². The summed E-state index contributed by atoms with van der Waals surface area (Å²) in [6.07, 6.45) is 3.36. The van der Waals surface area contributed by atoms with Crippen molar-refractivity contribution < 1.29 is 13.9 Å². The number of aromatic nitrogens is 2. The third-order valence-corrected chi connectivity index (χ3v) is 4.01. The van der Waals surface area contributed by atoms with Gasteiger partial charge >= 0.3 is 0 Å². The Balaban J connectivity index is 1.44. The predicted octanol–water partition coefficient (Wildman–Crippen LogP) is 2.17. The fraction of sp³-hybridized carbons (Fsp3) is 0.235. The van der Waals surface area contributed by atoms with Crippen molar-refractivity contribution in [3.05, 3.63) is 48.5 Å². The summed E-state index contributed by atoms with van der Waals surface area (Å²) in [4.78, 5) is 22.5. The number of carbonyl (C=O) groups is 1. The van der Waals surface area contributed by atoms with E-state index < -0.39 is 0 Å². The van der Waals surface area contributed by atoms with Crippen LogP contribution in [0, 0.1) is 0 Å². The average Bonchev–Trinajstić information content (AvgIpc) is 3.02. The maximum Gasteiger partial charge on any atom is 0.289 e. The molecule has 1 saturated heterocycles. The number of amides is 1. The molecule has 7 nitrogen and oxygen atoms in total. The maximum absolute atomic E-state index is 12.5. The molecule has 0 radical (unpaired) electrons. The summed E-state index contributed by atoms with van der Waals surface area (Å²) in [5, 5.41) is 4.05. The molecule has 1 aromatic carbocycles. The Morgan fingerprint density at radius 2 is 2.08 bits per heavy atom. The van der Waals surface area contributed by atoms with E-state index in [0.717, 1.165) is 5.39 Å². The van der Waals surface area contributed by atoms with Gasteiger partial charge in [0, 0.05) is 30.9 Å². The van der Waals surface area contributed by atoms with E-state index in [4.69, 9.17) is 9.15 Å². The van der Waals surface area contributed by atoms with Crippen molar-refractivity contribution in [2.75, 3.05) is 25.5 Å². The Hall–Kier alpha value is -3.09. The first-order chi connectivity index (χ1) is 11.7. The summed E-state index contributed by atoms with van der Waals surface area (Å²) in [5.74, 6) is 1.39. The number of anilines is 1. The van der Waals surface area contributed by atoms with Crippen LogP contribution in [0.5, 0.6) is 5.75 Å². The number of methoxy groups -OCH3 is 1. The largest absolute Gasteiger partial charge is 0.493 e. The summed E-state index contributed by atoms with van der Waals surface area (Å²) in [5.41, 5.74) is 0.594. The number of nitrogens with one attached hydrogen (secondary N) is 1. The smallest absolute Gasteiger partial charge is 0.289 e. The molecule has 122 valence electrons. The summed E-state index contributed by atoms with van der Waals surface area (Å²) < 4.78 is 11.0. The molecule has 0 spiro atoms. The standard InChI is InChI=1S/C17H16N4O3/c1-23-13-5-2-4-11-8-14(24-15(11)13)16(22)21-9-12(10-21)20-17-18-6-3-7-19-17/h2-8,12H,9-10H2,1H3,(H,18,19,20). The van der Waals surface area contributed by atoms with Crippen molar-refractivity contribution >= 4 is 22.8 Å². The molecule has 1 N–H and O–H groups in total. The number of furan rings is 1. The molecule has 1 aliphatic heterocycles. The summed E-state index contributed by atoms with van der Waals surface area (Å²) in [7, 11) is 1.58. The van der Waals surface area contributed by atoms with Crippen LogP contribution in [0.2, 0.25) is 0 Å². The summed E-state index contributed by atoms with van der Waals surface area (Å²) >= 11 is 0. The first-order valence-electron chi connectivity index (χ1n) is 7.64. The van der Waals surface area contributed by atoms with Crippen molar-refractivity contribution in [1.29, 1.82) is 0 Å². The monoisotopic (exact) mass is 324 g/mol. The van der Waals surface area contributed by atoms with Crippen LogP contribution in [-0.2, 0) is 0 Å². The molecule has 4 rings (SSSR count). The highest BCUT2D eigenvalue weighted by Crippen LogP contribution is 2.29. The van der Waals surface area contributed by atoms with Gasteiger partial charge in [-0.2, -0.15) is 0 Å². The molecule has 2 aromatic heterocycles. The van der Waals surface area contributed by atoms with Crippen LogP contribution in [-0.4, -0.2) is 47.0 Å². The van der Waals surface area contributed by atoms with E-state index in [1.807, 2.05) is 18.2 Å². The van der Waals surface area contributed by atoms with Crippen LogP contribution >= 0.6 is 0 Å². The van der Waals surface area contributed by atoms with Gasteiger partial charge in [0.25, 0.3) is 5.91 Å². The molecular weight excluding hydrogens is 308 g/mol. The second-order valence-electron chi connectivity index (χ2n) is 5.61. The number of para-hydroxylation sites is 1. The molecular formula is C17H16N4O3. The Bertz CT molecular complexity index is 872. The van der Waals surface area contributed by atoms with Crippen LogP contribution in [0.4, 0.5) is 5.95 Å². The second kappa shape index (κ2) is 5.84. The zero-order valence-corrected chi connectivity index (χ0v) is 13.1. The minimum absolute atomic E-state index is 0.125. The molecule has 0 unspecified atom stereocenters. The molecule has 1 aliphatic rings. The number of likely N-dealkylation sites (tertiary alicyclic amines) is 1. The quantitative estimate of drug-likeness (QED) is 0.792. The van der Waals surface area contributed by atoms with Gasteiger partial charge in [-0.25, -0.2) is 9.97 Å². The third kappa shape index (κ3) is 2.54. The lowest BCUT2D eigenvalue weighted by Gasteiger charge is -2.38. The molecule has 0 saturated carbocycles. The lowest BCUT2D eigenvalue weighted by molar-refractivity contribution is 0.0594. The van der Waals surface area contributed by atoms with Crippen LogP contribution in [0.25, 0.3) is 11.0 Å². The minimum atomic E-state index is -0.125. The second-order valence-corrected chi connectivity index (χ2v) is 5.61. The zero-order chi connectivity index (χ0) is 16.5. The van der Waals surface area contributed by atoms with Crippen LogP contribution in [0.15, 0.2) is 47.1 Å². The normalized spacial score (nSPS) is 14.5. The van der Waals surface area contributed by atoms with Crippen LogP contribution in [0.1, 0.15) is 10.6 Å². The molecule has 1 fully saturated rings. The van der Waals surface area contributed by atoms with Crippen molar-refractivity contribution in [2.45, 2.75) is 6.04 Å². The number of fused-ring (bicyclic) bond motifs is 1. The zero-order valence-electron chi connectivity index (χ0n) is 13.1. The number of ether oxygens (including phenoxy) is 1. The van der Waals surface area contributed by atoms with E-state index in [1.54, 1.807) is 36.5 Å². The topological polar surface area (TPSA) is 80.5 Å². The van der Waals surface area contributed by atoms with Gasteiger partial charge < -0.3 is 19.4 Å². The number of rotatable bonds is 4. The molecule has 7 heteroatoms. The van der Waals surface area contributed by atoms with E-state index in [1.165, 1.54) is 0 Å². The van der Waals surface area contributed by atoms with Gasteiger partial charge in [-0.3, -0.25) is 4.79 Å². The summed E-state index contributed by atoms with van der Waals surface area (Å²) in [6, 6.07) is 9.23. The molecule has 0 atom stereocenters. The Labute approximate surface area is 138 Å². The Morgan fingerprint density at radius 3 is 2.83 bits per heavy atom. The predicted molar refractivity (Wildman–Crippen MR) is 88.1 cm³/mol. The number of benzene rings is 1. The number of carbonyl (C=O) groups excluding carboxylic acids is 1. The molecule has 1 amide bonds. The van der Waals surface area contributed by atoms with Gasteiger partial charge in [0.1, 0.15) is 0 Å². The molecule has 24 heavy (non-hydrogen) atoms. The SMILES string of the molecule is COc1cccc2cc(C(=O)N3CC(Nc4ncccn4)C3)oc12. The van der Waals surface area contributed by atoms with Crippen molar-refractivity contribution in [1.82, 2.24) is 14.9 Å². The minimum Gasteiger partial charge on any atom is -0.493 e. The van der Waals surface area contributed by atoms with Crippen LogP contribution < -0.4 is 10.1 Å². The molecule has 0 aliphatic carbocycles. The van der Waals surface area contributed by atoms with Gasteiger partial charge in [0.15, 0.2) is 17.1 Å². The highest BCUT2D eigenvalue weighted by atomic mass is 16.5. The Kier molecular flexibility index (Phi) is 3.53. The average molecular weight is 324 g/mol. The molecule has 3 aromatic rings. The van der Waals surface area contributed by atoms with Gasteiger partial charge in [-0.15, -0.1) is 0 Å². The highest BCUT2D eigenvalue weighted by Gasteiger charge is 2.33. The van der Waals surface area contributed by atoms with Crippen LogP contribution in [0.3, 0.4) is 0 Å². The lowest BCUT2D eigenvalue weighted by Crippen LogP contribution is -2.57. The van der Waals surface area contributed by atoms with Gasteiger partial charge in [0.2, 0.25) is 5.95 Å². The van der Waals surface area contributed by atoms with Gasteiger partial charge in [-0.1, -0.05) is 12.1 Å². The maximum atomic E-state index is 12.5. The highest BCUT2D eigenvalue weighted by molar-refractivity contribution is 5.97. The van der Waals surface area contributed by atoms with Gasteiger partial charge in [0.05, 0.1) is 13.2 Å². The molecule has 3 heterocycles. The fourth-order valence-corrected chi connectivity index (χ4v) is 2.75. The van der Waals surface area contributed by atoms with Crippen molar-refractivity contribution in [3.63, 3.8) is 0 Å². The third-order valence-electron chi connectivity index (χ3n) is 4.01. The first kappa shape index (κ1) is 14.5. The Morgan fingerprint density at radius 1 is 1.29 bits per heavy atom. The fourth-order valence-electron chi connectivity index (χ4n) is 2.75. The van der Waals surface area contributed by atoms with E-state index in [0.29, 0.717) is 36.1 Å². The van der Waals surface area contributed by atoms with E-state index in [9.17, 15) is 4.79 Å². The summed E-state index contributed by atoms with van der Waals surface area (Å²) in [6.45, 7) is 1.18.